The van der Waals surface area contributed by atoms with Gasteiger partial charge in [-0.25, -0.2) is 0 Å². The Labute approximate surface area is 69.8 Å². The molecule has 1 amide bonds. The molecule has 1 atom stereocenters. The molecule has 0 fully saturated rings. The number of hydrogen-bond donors (Lipinski definition) is 2. The van der Waals surface area contributed by atoms with Gasteiger partial charge in [0.15, 0.2) is 0 Å². The molecule has 0 aliphatic rings. The van der Waals surface area contributed by atoms with Crippen LogP contribution in [0.25, 0.3) is 0 Å². The summed E-state index contributed by atoms with van der Waals surface area (Å²) in [6, 6.07) is 0. The van der Waals surface area contributed by atoms with E-state index in [-0.39, 0.29) is 12.5 Å². The fourth-order valence-corrected chi connectivity index (χ4v) is 0.899. The first-order valence-corrected chi connectivity index (χ1v) is 4.80. The van der Waals surface area contributed by atoms with Gasteiger partial charge in [0.1, 0.15) is 6.26 Å². The summed E-state index contributed by atoms with van der Waals surface area (Å²) in [5, 5.41) is 0. The number of nitrogens with two attached hydrogens (primary N) is 1. The van der Waals surface area contributed by atoms with Crippen LogP contribution in [-0.4, -0.2) is 23.3 Å². The maximum atomic E-state index is 11.1. The molecule has 4 nitrogen and oxygen atoms in total. The van der Waals surface area contributed by atoms with E-state index in [0.717, 1.165) is 0 Å². The van der Waals surface area contributed by atoms with Gasteiger partial charge in [-0.2, -0.15) is 4.72 Å². The predicted molar refractivity (Wildman–Crippen MR) is 45.0 cm³/mol. The molecule has 0 aromatic rings. The van der Waals surface area contributed by atoms with Crippen LogP contribution >= 0.6 is 0 Å². The molecule has 0 saturated heterocycles. The molecule has 3 N–H and O–H groups in total. The average molecular weight is 178 g/mol. The number of carbonyl (C=O) groups is 1. The fourth-order valence-electron chi connectivity index (χ4n) is 0.361. The van der Waals surface area contributed by atoms with E-state index in [1.807, 2.05) is 0 Å². The minimum Gasteiger partial charge on any atom is -0.593 e. The van der Waals surface area contributed by atoms with Gasteiger partial charge in [-0.3, -0.25) is 4.79 Å². The van der Waals surface area contributed by atoms with Crippen LogP contribution < -0.4 is 10.5 Å². The fraction of sp³-hybridized carbons (Fsp3) is 0.833. The molecule has 66 valence electrons. The van der Waals surface area contributed by atoms with E-state index in [2.05, 4.69) is 4.72 Å². The lowest BCUT2D eigenvalue weighted by Gasteiger charge is -2.20. The summed E-state index contributed by atoms with van der Waals surface area (Å²) in [4.78, 5) is 11.1. The lowest BCUT2D eigenvalue weighted by atomic mass is 9.93. The molecule has 0 radical (unpaired) electrons. The molecular formula is C6H14N2O2S. The molecule has 0 heterocycles. The normalized spacial score (nSPS) is 14.3. The highest BCUT2D eigenvalue weighted by molar-refractivity contribution is 7.89. The highest BCUT2D eigenvalue weighted by atomic mass is 32.2. The van der Waals surface area contributed by atoms with Crippen molar-refractivity contribution in [2.24, 2.45) is 11.1 Å². The third kappa shape index (κ3) is 3.60. The van der Waals surface area contributed by atoms with E-state index >= 15 is 0 Å². The molecule has 0 bridgehead atoms. The van der Waals surface area contributed by atoms with Gasteiger partial charge in [0, 0.05) is 6.54 Å². The summed E-state index contributed by atoms with van der Waals surface area (Å²) in [7, 11) is 0. The Morgan fingerprint density at radius 1 is 1.73 bits per heavy atom. The van der Waals surface area contributed by atoms with Crippen LogP contribution in [0.1, 0.15) is 13.8 Å². The van der Waals surface area contributed by atoms with Crippen LogP contribution in [0.15, 0.2) is 0 Å². The van der Waals surface area contributed by atoms with Gasteiger partial charge >= 0.3 is 0 Å². The number of amides is 1. The van der Waals surface area contributed by atoms with E-state index in [4.69, 9.17) is 5.73 Å². The summed E-state index contributed by atoms with van der Waals surface area (Å²) >= 11 is -1.30. The molecular weight excluding hydrogens is 164 g/mol. The second kappa shape index (κ2) is 3.94. The lowest BCUT2D eigenvalue weighted by molar-refractivity contribution is -0.126. The maximum absolute atomic E-state index is 11.1. The summed E-state index contributed by atoms with van der Waals surface area (Å²) in [6.07, 6.45) is 1.41. The van der Waals surface area contributed by atoms with Gasteiger partial charge in [0.05, 0.1) is 16.8 Å². The largest absolute Gasteiger partial charge is 0.593 e. The lowest BCUT2D eigenvalue weighted by Crippen LogP contribution is -2.43. The molecule has 11 heavy (non-hydrogen) atoms. The Hall–Kier alpha value is -0.260. The van der Waals surface area contributed by atoms with Gasteiger partial charge < -0.3 is 10.3 Å². The summed E-state index contributed by atoms with van der Waals surface area (Å²) in [5.41, 5.74) is 4.69. The van der Waals surface area contributed by atoms with Crippen molar-refractivity contribution >= 4 is 17.3 Å². The molecule has 0 saturated carbocycles. The summed E-state index contributed by atoms with van der Waals surface area (Å²) in [5.74, 6) is -0.277. The van der Waals surface area contributed by atoms with Crippen molar-refractivity contribution in [3.8, 4) is 0 Å². The minimum absolute atomic E-state index is 0.246. The van der Waals surface area contributed by atoms with Crippen LogP contribution in [0.3, 0.4) is 0 Å². The Kier molecular flexibility index (Phi) is 3.85. The number of rotatable bonds is 3. The smallest absolute Gasteiger partial charge is 0.268 e. The van der Waals surface area contributed by atoms with Crippen molar-refractivity contribution in [2.75, 3.05) is 12.8 Å². The Balaban J connectivity index is 4.02. The van der Waals surface area contributed by atoms with Crippen molar-refractivity contribution in [1.82, 2.24) is 4.72 Å². The molecule has 0 rings (SSSR count). The van der Waals surface area contributed by atoms with Crippen molar-refractivity contribution < 1.29 is 9.35 Å². The third-order valence-corrected chi connectivity index (χ3v) is 1.83. The van der Waals surface area contributed by atoms with Crippen LogP contribution in [-0.2, 0) is 16.2 Å². The number of carbonyl (C=O) groups excluding carboxylic acids is 1. The molecule has 0 aromatic carbocycles. The van der Waals surface area contributed by atoms with Crippen LogP contribution in [0.5, 0.6) is 0 Å². The van der Waals surface area contributed by atoms with Gasteiger partial charge in [0.2, 0.25) is 0 Å². The molecule has 5 heteroatoms. The zero-order valence-electron chi connectivity index (χ0n) is 7.01. The molecule has 0 aromatic heterocycles. The highest BCUT2D eigenvalue weighted by Crippen LogP contribution is 2.12. The molecule has 0 aliphatic carbocycles. The van der Waals surface area contributed by atoms with E-state index in [1.165, 1.54) is 6.26 Å². The zero-order chi connectivity index (χ0) is 9.07. The van der Waals surface area contributed by atoms with Crippen molar-refractivity contribution in [1.29, 1.82) is 0 Å². The first kappa shape index (κ1) is 10.7. The van der Waals surface area contributed by atoms with Gasteiger partial charge in [-0.15, -0.1) is 0 Å². The van der Waals surface area contributed by atoms with Crippen molar-refractivity contribution in [2.45, 2.75) is 13.8 Å². The van der Waals surface area contributed by atoms with E-state index in [1.54, 1.807) is 13.8 Å². The second-order valence-electron chi connectivity index (χ2n) is 2.97. The Bertz CT molecular complexity index is 148. The Morgan fingerprint density at radius 3 is 2.45 bits per heavy atom. The zero-order valence-corrected chi connectivity index (χ0v) is 7.83. The topological polar surface area (TPSA) is 78.2 Å². The quantitative estimate of drug-likeness (QED) is 0.565. The molecule has 0 spiro atoms. The number of hydrogen-bond acceptors (Lipinski definition) is 3. The van der Waals surface area contributed by atoms with Crippen molar-refractivity contribution in [3.63, 3.8) is 0 Å². The van der Waals surface area contributed by atoms with E-state index in [9.17, 15) is 9.35 Å². The number of nitrogens with one attached hydrogen (secondary N) is 1. The van der Waals surface area contributed by atoms with Gasteiger partial charge in [0.25, 0.3) is 5.91 Å². The minimum atomic E-state index is -1.30. The molecule has 1 unspecified atom stereocenters. The Morgan fingerprint density at radius 2 is 2.18 bits per heavy atom. The summed E-state index contributed by atoms with van der Waals surface area (Å²) < 4.78 is 12.8. The molecule has 0 aliphatic heterocycles. The van der Waals surface area contributed by atoms with Crippen LogP contribution in [0.2, 0.25) is 0 Å². The second-order valence-corrected chi connectivity index (χ2v) is 4.09. The summed E-state index contributed by atoms with van der Waals surface area (Å²) in [6.45, 7) is 3.65. The van der Waals surface area contributed by atoms with E-state index < -0.39 is 16.8 Å². The standard InChI is InChI=1S/C6H14N2O2S/c1-6(2,4-7)5(9)8-11(3)10/h4,7H2,1-3H3,(H,8,9). The first-order valence-electron chi connectivity index (χ1n) is 3.24. The monoisotopic (exact) mass is 178 g/mol. The highest BCUT2D eigenvalue weighted by Gasteiger charge is 2.27. The van der Waals surface area contributed by atoms with Gasteiger partial charge in [-0.05, 0) is 13.8 Å². The van der Waals surface area contributed by atoms with E-state index in [0.29, 0.717) is 0 Å². The van der Waals surface area contributed by atoms with Gasteiger partial charge in [-0.1, -0.05) is 0 Å². The maximum Gasteiger partial charge on any atom is 0.268 e. The average Bonchev–Trinajstić information content (AvgIpc) is 1.86. The third-order valence-electron chi connectivity index (χ3n) is 1.36. The SMILES string of the molecule is C[S+]([O-])NC(=O)C(C)(C)CN. The van der Waals surface area contributed by atoms with Crippen LogP contribution in [0.4, 0.5) is 0 Å². The first-order chi connectivity index (χ1) is 4.90. The predicted octanol–water partition coefficient (Wildman–Crippen LogP) is -0.619. The van der Waals surface area contributed by atoms with Crippen molar-refractivity contribution in [3.05, 3.63) is 0 Å². The van der Waals surface area contributed by atoms with Crippen LogP contribution in [0, 0.1) is 5.41 Å².